The van der Waals surface area contributed by atoms with Crippen molar-refractivity contribution in [1.82, 2.24) is 15.5 Å². The van der Waals surface area contributed by atoms with Gasteiger partial charge in [-0.25, -0.2) is 4.39 Å². The average Bonchev–Trinajstić information content (AvgIpc) is 3.11. The van der Waals surface area contributed by atoms with E-state index in [0.29, 0.717) is 26.3 Å². The number of aromatic amines is 1. The molecule has 0 saturated heterocycles. The number of rotatable bonds is 5. The molecule has 0 unspecified atom stereocenters. The van der Waals surface area contributed by atoms with E-state index in [1.54, 1.807) is 18.3 Å². The average molecular weight is 339 g/mol. The molecule has 0 aliphatic carbocycles. The summed E-state index contributed by atoms with van der Waals surface area (Å²) in [5.74, 6) is 1.34. The van der Waals surface area contributed by atoms with Crippen molar-refractivity contribution in [3.8, 4) is 22.8 Å². The van der Waals surface area contributed by atoms with Crippen molar-refractivity contribution in [3.05, 3.63) is 65.6 Å². The van der Waals surface area contributed by atoms with Gasteiger partial charge in [-0.2, -0.15) is 5.10 Å². The van der Waals surface area contributed by atoms with Crippen molar-refractivity contribution in [2.24, 2.45) is 0 Å². The molecule has 3 aromatic rings. The molecule has 0 amide bonds. The first-order chi connectivity index (χ1) is 12.3. The van der Waals surface area contributed by atoms with Gasteiger partial charge in [-0.3, -0.25) is 5.10 Å². The van der Waals surface area contributed by atoms with Gasteiger partial charge in [0.25, 0.3) is 0 Å². The van der Waals surface area contributed by atoms with Gasteiger partial charge in [-0.15, -0.1) is 0 Å². The molecular weight excluding hydrogens is 321 g/mol. The van der Waals surface area contributed by atoms with E-state index in [9.17, 15) is 4.39 Å². The van der Waals surface area contributed by atoms with Crippen molar-refractivity contribution in [2.45, 2.75) is 13.1 Å². The largest absolute Gasteiger partial charge is 0.486 e. The van der Waals surface area contributed by atoms with Gasteiger partial charge in [0, 0.05) is 24.2 Å². The maximum absolute atomic E-state index is 13.1. The molecule has 2 N–H and O–H groups in total. The number of fused-ring (bicyclic) bond motifs is 1. The Bertz CT molecular complexity index is 861. The minimum atomic E-state index is -0.249. The SMILES string of the molecule is Fc1ccc(-c2[nH]ncc2CNCc2ccc3c(c2)OCCO3)cc1. The summed E-state index contributed by atoms with van der Waals surface area (Å²) in [6.07, 6.45) is 1.79. The Morgan fingerprint density at radius 2 is 1.80 bits per heavy atom. The first-order valence-electron chi connectivity index (χ1n) is 8.17. The zero-order valence-corrected chi connectivity index (χ0v) is 13.6. The van der Waals surface area contributed by atoms with Crippen LogP contribution in [0.25, 0.3) is 11.3 Å². The molecule has 0 fully saturated rings. The van der Waals surface area contributed by atoms with Crippen LogP contribution in [0.15, 0.2) is 48.7 Å². The van der Waals surface area contributed by atoms with Crippen LogP contribution in [0.2, 0.25) is 0 Å². The van der Waals surface area contributed by atoms with Gasteiger partial charge < -0.3 is 14.8 Å². The maximum atomic E-state index is 13.1. The highest BCUT2D eigenvalue weighted by Gasteiger charge is 2.12. The molecule has 128 valence electrons. The fraction of sp³-hybridized carbons (Fsp3) is 0.211. The standard InChI is InChI=1S/C19H18FN3O2/c20-16-4-2-14(3-5-16)19-15(12-22-23-19)11-21-10-13-1-6-17-18(9-13)25-8-7-24-17/h1-6,9,12,21H,7-8,10-11H2,(H,22,23). The lowest BCUT2D eigenvalue weighted by Gasteiger charge is -2.19. The third-order valence-corrected chi connectivity index (χ3v) is 4.10. The Kier molecular flexibility index (Phi) is 4.35. The summed E-state index contributed by atoms with van der Waals surface area (Å²) in [6.45, 7) is 2.53. The van der Waals surface area contributed by atoms with Crippen LogP contribution in [0.1, 0.15) is 11.1 Å². The molecule has 0 radical (unpaired) electrons. The Morgan fingerprint density at radius 1 is 1.00 bits per heavy atom. The molecule has 0 bridgehead atoms. The van der Waals surface area contributed by atoms with E-state index in [1.807, 2.05) is 18.2 Å². The number of ether oxygens (including phenoxy) is 2. The molecule has 1 aliphatic rings. The Labute approximate surface area is 144 Å². The second-order valence-corrected chi connectivity index (χ2v) is 5.86. The summed E-state index contributed by atoms with van der Waals surface area (Å²) in [6, 6.07) is 12.3. The van der Waals surface area contributed by atoms with Gasteiger partial charge in [-0.05, 0) is 42.0 Å². The summed E-state index contributed by atoms with van der Waals surface area (Å²) in [5, 5.41) is 10.5. The van der Waals surface area contributed by atoms with E-state index in [4.69, 9.17) is 9.47 Å². The molecule has 4 rings (SSSR count). The third-order valence-electron chi connectivity index (χ3n) is 4.10. The lowest BCUT2D eigenvalue weighted by atomic mass is 10.1. The molecule has 0 saturated carbocycles. The van der Waals surface area contributed by atoms with Crippen molar-refractivity contribution in [1.29, 1.82) is 0 Å². The highest BCUT2D eigenvalue weighted by Crippen LogP contribution is 2.30. The summed E-state index contributed by atoms with van der Waals surface area (Å²) in [4.78, 5) is 0. The lowest BCUT2D eigenvalue weighted by Crippen LogP contribution is -2.16. The van der Waals surface area contributed by atoms with E-state index < -0.39 is 0 Å². The summed E-state index contributed by atoms with van der Waals surface area (Å²) >= 11 is 0. The number of hydrogen-bond acceptors (Lipinski definition) is 4. The minimum absolute atomic E-state index is 0.249. The summed E-state index contributed by atoms with van der Waals surface area (Å²) < 4.78 is 24.2. The fourth-order valence-corrected chi connectivity index (χ4v) is 2.85. The summed E-state index contributed by atoms with van der Waals surface area (Å²) in [7, 11) is 0. The van der Waals surface area contributed by atoms with Crippen molar-refractivity contribution < 1.29 is 13.9 Å². The molecular formula is C19H18FN3O2. The third kappa shape index (κ3) is 3.49. The van der Waals surface area contributed by atoms with Crippen LogP contribution in [-0.2, 0) is 13.1 Å². The zero-order chi connectivity index (χ0) is 17.1. The van der Waals surface area contributed by atoms with Crippen LogP contribution in [0, 0.1) is 5.82 Å². The van der Waals surface area contributed by atoms with Crippen LogP contribution in [0.5, 0.6) is 11.5 Å². The molecule has 1 aliphatic heterocycles. The van der Waals surface area contributed by atoms with Gasteiger partial charge in [0.05, 0.1) is 11.9 Å². The maximum Gasteiger partial charge on any atom is 0.161 e. The first kappa shape index (κ1) is 15.7. The number of H-pyrrole nitrogens is 1. The number of benzene rings is 2. The van der Waals surface area contributed by atoms with E-state index in [-0.39, 0.29) is 5.82 Å². The molecule has 0 spiro atoms. The fourth-order valence-electron chi connectivity index (χ4n) is 2.85. The van der Waals surface area contributed by atoms with E-state index in [0.717, 1.165) is 33.9 Å². The molecule has 2 heterocycles. The highest BCUT2D eigenvalue weighted by atomic mass is 19.1. The van der Waals surface area contributed by atoms with Crippen molar-refractivity contribution in [3.63, 3.8) is 0 Å². The Hall–Kier alpha value is -2.86. The Balaban J connectivity index is 1.41. The monoisotopic (exact) mass is 339 g/mol. The number of aromatic nitrogens is 2. The number of halogens is 1. The molecule has 2 aromatic carbocycles. The smallest absolute Gasteiger partial charge is 0.161 e. The molecule has 5 nitrogen and oxygen atoms in total. The zero-order valence-electron chi connectivity index (χ0n) is 13.6. The second kappa shape index (κ2) is 6.94. The van der Waals surface area contributed by atoms with Gasteiger partial charge in [-0.1, -0.05) is 6.07 Å². The van der Waals surface area contributed by atoms with Crippen LogP contribution in [0.3, 0.4) is 0 Å². The van der Waals surface area contributed by atoms with Crippen LogP contribution < -0.4 is 14.8 Å². The number of nitrogens with one attached hydrogen (secondary N) is 2. The molecule has 0 atom stereocenters. The lowest BCUT2D eigenvalue weighted by molar-refractivity contribution is 0.171. The quantitative estimate of drug-likeness (QED) is 0.749. The minimum Gasteiger partial charge on any atom is -0.486 e. The van der Waals surface area contributed by atoms with Gasteiger partial charge >= 0.3 is 0 Å². The van der Waals surface area contributed by atoms with Gasteiger partial charge in [0.15, 0.2) is 11.5 Å². The van der Waals surface area contributed by atoms with Gasteiger partial charge in [0.2, 0.25) is 0 Å². The summed E-state index contributed by atoms with van der Waals surface area (Å²) in [5.41, 5.74) is 3.96. The van der Waals surface area contributed by atoms with E-state index in [2.05, 4.69) is 15.5 Å². The Morgan fingerprint density at radius 3 is 2.64 bits per heavy atom. The van der Waals surface area contributed by atoms with Crippen LogP contribution >= 0.6 is 0 Å². The highest BCUT2D eigenvalue weighted by molar-refractivity contribution is 5.62. The van der Waals surface area contributed by atoms with Gasteiger partial charge in [0.1, 0.15) is 19.0 Å². The van der Waals surface area contributed by atoms with Crippen molar-refractivity contribution in [2.75, 3.05) is 13.2 Å². The number of hydrogen-bond donors (Lipinski definition) is 2. The van der Waals surface area contributed by atoms with E-state index >= 15 is 0 Å². The predicted octanol–water partition coefficient (Wildman–Crippen LogP) is 3.28. The second-order valence-electron chi connectivity index (χ2n) is 5.86. The van der Waals surface area contributed by atoms with Crippen LogP contribution in [-0.4, -0.2) is 23.4 Å². The molecule has 6 heteroatoms. The van der Waals surface area contributed by atoms with E-state index in [1.165, 1.54) is 12.1 Å². The number of nitrogens with zero attached hydrogens (tertiary/aromatic N) is 1. The topological polar surface area (TPSA) is 59.2 Å². The van der Waals surface area contributed by atoms with Crippen LogP contribution in [0.4, 0.5) is 4.39 Å². The normalized spacial score (nSPS) is 13.0. The first-order valence-corrected chi connectivity index (χ1v) is 8.17. The predicted molar refractivity (Wildman–Crippen MR) is 92.0 cm³/mol. The molecule has 25 heavy (non-hydrogen) atoms. The molecule has 1 aromatic heterocycles. The van der Waals surface area contributed by atoms with Crippen molar-refractivity contribution >= 4 is 0 Å².